The summed E-state index contributed by atoms with van der Waals surface area (Å²) < 4.78 is 24.1. The Bertz CT molecular complexity index is 518. The number of anilines is 1. The lowest BCUT2D eigenvalue weighted by molar-refractivity contribution is -0.119. The maximum atomic E-state index is 11.6. The van der Waals surface area contributed by atoms with Crippen molar-refractivity contribution in [2.75, 3.05) is 17.1 Å². The molecular weight excluding hydrogens is 266 g/mol. The van der Waals surface area contributed by atoms with Crippen molar-refractivity contribution in [1.29, 1.82) is 0 Å². The lowest BCUT2D eigenvalue weighted by atomic mass is 10.3. The van der Waals surface area contributed by atoms with Gasteiger partial charge in [0.1, 0.15) is 6.54 Å². The van der Waals surface area contributed by atoms with Crippen molar-refractivity contribution in [2.24, 2.45) is 5.84 Å². The molecule has 0 saturated heterocycles. The molecule has 94 valence electrons. The largest absolute Gasteiger partial charge is 0.293 e. The number of para-hydroxylation sites is 1. The van der Waals surface area contributed by atoms with Gasteiger partial charge in [0.2, 0.25) is 10.0 Å². The fourth-order valence-electron chi connectivity index (χ4n) is 1.21. The van der Waals surface area contributed by atoms with Crippen molar-refractivity contribution in [2.45, 2.75) is 0 Å². The van der Waals surface area contributed by atoms with Crippen molar-refractivity contribution >= 4 is 33.2 Å². The van der Waals surface area contributed by atoms with Crippen LogP contribution in [0.15, 0.2) is 24.3 Å². The van der Waals surface area contributed by atoms with Gasteiger partial charge < -0.3 is 0 Å². The monoisotopic (exact) mass is 277 g/mol. The lowest BCUT2D eigenvalue weighted by Crippen LogP contribution is -2.42. The number of sulfonamides is 1. The van der Waals surface area contributed by atoms with Gasteiger partial charge in [0.15, 0.2) is 0 Å². The zero-order valence-corrected chi connectivity index (χ0v) is 10.6. The number of hydrogen-bond donors (Lipinski definition) is 2. The van der Waals surface area contributed by atoms with Gasteiger partial charge in [-0.3, -0.25) is 14.5 Å². The number of nitrogens with zero attached hydrogens (tertiary/aromatic N) is 1. The molecule has 0 fully saturated rings. The van der Waals surface area contributed by atoms with E-state index in [-0.39, 0.29) is 10.7 Å². The molecule has 0 aliphatic rings. The highest BCUT2D eigenvalue weighted by Gasteiger charge is 2.22. The molecule has 0 radical (unpaired) electrons. The van der Waals surface area contributed by atoms with Gasteiger partial charge in [-0.2, -0.15) is 0 Å². The number of rotatable bonds is 4. The van der Waals surface area contributed by atoms with E-state index in [9.17, 15) is 13.2 Å². The minimum absolute atomic E-state index is 0.236. The molecule has 17 heavy (non-hydrogen) atoms. The van der Waals surface area contributed by atoms with E-state index in [1.807, 2.05) is 5.43 Å². The molecule has 0 bridgehead atoms. The Labute approximate surface area is 104 Å². The smallest absolute Gasteiger partial charge is 0.254 e. The minimum atomic E-state index is -3.61. The number of nitrogens with two attached hydrogens (primary N) is 1. The maximum Gasteiger partial charge on any atom is 0.254 e. The van der Waals surface area contributed by atoms with Crippen LogP contribution in [0.1, 0.15) is 0 Å². The third kappa shape index (κ3) is 3.58. The van der Waals surface area contributed by atoms with Gasteiger partial charge in [0, 0.05) is 0 Å². The van der Waals surface area contributed by atoms with E-state index in [0.717, 1.165) is 10.6 Å². The molecule has 0 heterocycles. The van der Waals surface area contributed by atoms with E-state index in [1.165, 1.54) is 12.1 Å². The summed E-state index contributed by atoms with van der Waals surface area (Å²) in [5.41, 5.74) is 2.10. The summed E-state index contributed by atoms with van der Waals surface area (Å²) in [6, 6.07) is 6.33. The van der Waals surface area contributed by atoms with E-state index in [0.29, 0.717) is 0 Å². The molecule has 8 heteroatoms. The Morgan fingerprint density at radius 3 is 2.53 bits per heavy atom. The average Bonchev–Trinajstić information content (AvgIpc) is 2.25. The van der Waals surface area contributed by atoms with Crippen LogP contribution in [-0.4, -0.2) is 27.1 Å². The predicted octanol–water partition coefficient (Wildman–Crippen LogP) is 0.0959. The van der Waals surface area contributed by atoms with Crippen molar-refractivity contribution in [1.82, 2.24) is 5.43 Å². The summed E-state index contributed by atoms with van der Waals surface area (Å²) >= 11 is 5.88. The molecule has 0 saturated carbocycles. The van der Waals surface area contributed by atoms with Gasteiger partial charge in [0.05, 0.1) is 17.0 Å². The molecule has 1 aromatic carbocycles. The van der Waals surface area contributed by atoms with Gasteiger partial charge >= 0.3 is 0 Å². The van der Waals surface area contributed by atoms with Gasteiger partial charge in [-0.05, 0) is 12.1 Å². The number of amides is 1. The first-order valence-electron chi connectivity index (χ1n) is 4.58. The topological polar surface area (TPSA) is 92.5 Å². The molecule has 0 atom stereocenters. The quantitative estimate of drug-likeness (QED) is 0.464. The summed E-state index contributed by atoms with van der Waals surface area (Å²) in [6.07, 6.45) is 0.986. The third-order valence-corrected chi connectivity index (χ3v) is 3.42. The summed E-state index contributed by atoms with van der Waals surface area (Å²) in [6.45, 7) is -0.418. The fraction of sp³-hybridized carbons (Fsp3) is 0.222. The molecule has 6 nitrogen and oxygen atoms in total. The number of carbonyl (C=O) groups excluding carboxylic acids is 1. The average molecular weight is 278 g/mol. The second kappa shape index (κ2) is 5.35. The number of carbonyl (C=O) groups is 1. The summed E-state index contributed by atoms with van der Waals surface area (Å²) in [5.74, 6) is 4.30. The van der Waals surface area contributed by atoms with Crippen LogP contribution >= 0.6 is 11.6 Å². The number of nitrogens with one attached hydrogen (secondary N) is 1. The van der Waals surface area contributed by atoms with Crippen molar-refractivity contribution < 1.29 is 13.2 Å². The summed E-state index contributed by atoms with van der Waals surface area (Å²) in [5, 5.41) is 0.239. The number of halogens is 1. The highest BCUT2D eigenvalue weighted by atomic mass is 35.5. The molecular formula is C9H12ClN3O3S. The number of benzene rings is 1. The van der Waals surface area contributed by atoms with Crippen LogP contribution < -0.4 is 15.6 Å². The van der Waals surface area contributed by atoms with Gasteiger partial charge in [-0.25, -0.2) is 14.3 Å². The first-order valence-corrected chi connectivity index (χ1v) is 6.80. The third-order valence-electron chi connectivity index (χ3n) is 1.97. The Morgan fingerprint density at radius 1 is 1.47 bits per heavy atom. The second-order valence-electron chi connectivity index (χ2n) is 3.29. The predicted molar refractivity (Wildman–Crippen MR) is 66.0 cm³/mol. The van der Waals surface area contributed by atoms with Crippen LogP contribution in [0.4, 0.5) is 5.69 Å². The number of hydrogen-bond acceptors (Lipinski definition) is 4. The van der Waals surface area contributed by atoms with Crippen molar-refractivity contribution in [3.63, 3.8) is 0 Å². The molecule has 3 N–H and O–H groups in total. The Balaban J connectivity index is 3.17. The minimum Gasteiger partial charge on any atom is -0.293 e. The van der Waals surface area contributed by atoms with E-state index >= 15 is 0 Å². The van der Waals surface area contributed by atoms with E-state index < -0.39 is 22.5 Å². The van der Waals surface area contributed by atoms with Crippen LogP contribution in [0.25, 0.3) is 0 Å². The second-order valence-corrected chi connectivity index (χ2v) is 5.60. The normalized spacial score (nSPS) is 11.0. The molecule has 1 aromatic rings. The van der Waals surface area contributed by atoms with Crippen LogP contribution in [0.2, 0.25) is 5.02 Å². The first kappa shape index (κ1) is 13.8. The highest BCUT2D eigenvalue weighted by molar-refractivity contribution is 7.92. The summed E-state index contributed by atoms with van der Waals surface area (Å²) in [4.78, 5) is 11.2. The molecule has 0 aliphatic carbocycles. The SMILES string of the molecule is CS(=O)(=O)N(CC(=O)NN)c1ccccc1Cl. The zero-order chi connectivity index (χ0) is 13.1. The van der Waals surface area contributed by atoms with Crippen LogP contribution in [-0.2, 0) is 14.8 Å². The molecule has 1 amide bonds. The maximum absolute atomic E-state index is 11.6. The first-order chi connectivity index (χ1) is 7.86. The van der Waals surface area contributed by atoms with Crippen molar-refractivity contribution in [3.05, 3.63) is 29.3 Å². The van der Waals surface area contributed by atoms with E-state index in [4.69, 9.17) is 17.4 Å². The van der Waals surface area contributed by atoms with Crippen molar-refractivity contribution in [3.8, 4) is 0 Å². The standard InChI is InChI=1S/C9H12ClN3O3S/c1-17(15,16)13(6-9(14)12-11)8-5-3-2-4-7(8)10/h2-5H,6,11H2,1H3,(H,12,14). The molecule has 0 unspecified atom stereocenters. The molecule has 0 aromatic heterocycles. The molecule has 0 spiro atoms. The van der Waals surface area contributed by atoms with E-state index in [2.05, 4.69) is 0 Å². The van der Waals surface area contributed by atoms with Gasteiger partial charge in [-0.15, -0.1) is 0 Å². The van der Waals surface area contributed by atoms with E-state index in [1.54, 1.807) is 12.1 Å². The Morgan fingerprint density at radius 2 is 2.06 bits per heavy atom. The van der Waals surface area contributed by atoms with Crippen LogP contribution in [0, 0.1) is 0 Å². The molecule has 0 aliphatic heterocycles. The van der Waals surface area contributed by atoms with Gasteiger partial charge in [-0.1, -0.05) is 23.7 Å². The van der Waals surface area contributed by atoms with Crippen LogP contribution in [0.3, 0.4) is 0 Å². The van der Waals surface area contributed by atoms with Gasteiger partial charge in [0.25, 0.3) is 5.91 Å². The van der Waals surface area contributed by atoms with Crippen LogP contribution in [0.5, 0.6) is 0 Å². The number of hydrazine groups is 1. The Kier molecular flexibility index (Phi) is 4.33. The highest BCUT2D eigenvalue weighted by Crippen LogP contribution is 2.26. The molecule has 1 rings (SSSR count). The lowest BCUT2D eigenvalue weighted by Gasteiger charge is -2.22. The Hall–Kier alpha value is -1.31. The zero-order valence-electron chi connectivity index (χ0n) is 9.05. The summed E-state index contributed by atoms with van der Waals surface area (Å²) in [7, 11) is -3.61. The fourth-order valence-corrected chi connectivity index (χ4v) is 2.37.